The van der Waals surface area contributed by atoms with E-state index in [-0.39, 0.29) is 0 Å². The van der Waals surface area contributed by atoms with Crippen LogP contribution in [0.5, 0.6) is 5.75 Å². The Morgan fingerprint density at radius 2 is 2.00 bits per heavy atom. The summed E-state index contributed by atoms with van der Waals surface area (Å²) in [5.41, 5.74) is 4.72. The molecule has 0 saturated heterocycles. The van der Waals surface area contributed by atoms with Gasteiger partial charge in [0, 0.05) is 11.8 Å². The first-order chi connectivity index (χ1) is 8.74. The number of benzene rings is 2. The molecule has 0 heterocycles. The molecular formula is C16H17NO. The van der Waals surface area contributed by atoms with Gasteiger partial charge in [0.1, 0.15) is 5.75 Å². The van der Waals surface area contributed by atoms with Crippen LogP contribution in [0.4, 0.5) is 5.69 Å². The number of hydrogen-bond donors (Lipinski definition) is 2. The van der Waals surface area contributed by atoms with Gasteiger partial charge in [-0.25, -0.2) is 0 Å². The van der Waals surface area contributed by atoms with E-state index in [9.17, 15) is 5.11 Å². The molecule has 0 bridgehead atoms. The van der Waals surface area contributed by atoms with Gasteiger partial charge in [-0.05, 0) is 42.5 Å². The van der Waals surface area contributed by atoms with Crippen molar-refractivity contribution in [3.63, 3.8) is 0 Å². The Kier molecular flexibility index (Phi) is 2.71. The second kappa shape index (κ2) is 4.37. The van der Waals surface area contributed by atoms with Crippen LogP contribution in [-0.2, 0) is 6.42 Å². The fourth-order valence-electron chi connectivity index (χ4n) is 2.61. The summed E-state index contributed by atoms with van der Waals surface area (Å²) in [4.78, 5) is 0. The van der Waals surface area contributed by atoms with Crippen molar-refractivity contribution in [3.8, 4) is 5.75 Å². The highest BCUT2D eigenvalue weighted by molar-refractivity contribution is 5.53. The predicted octanol–water partition coefficient (Wildman–Crippen LogP) is 3.80. The highest BCUT2D eigenvalue weighted by atomic mass is 16.3. The molecule has 2 aromatic carbocycles. The first-order valence-corrected chi connectivity index (χ1v) is 6.38. The third-order valence-corrected chi connectivity index (χ3v) is 3.68. The van der Waals surface area contributed by atoms with Crippen molar-refractivity contribution in [3.05, 3.63) is 59.2 Å². The highest BCUT2D eigenvalue weighted by Gasteiger charge is 2.21. The van der Waals surface area contributed by atoms with E-state index in [2.05, 4.69) is 29.6 Å². The molecule has 0 radical (unpaired) electrons. The molecule has 3 rings (SSSR count). The summed E-state index contributed by atoms with van der Waals surface area (Å²) in [7, 11) is 0. The molecule has 0 amide bonds. The van der Waals surface area contributed by atoms with Crippen LogP contribution < -0.4 is 5.32 Å². The molecule has 2 heteroatoms. The minimum absolute atomic E-state index is 0.353. The van der Waals surface area contributed by atoms with Crippen molar-refractivity contribution in [1.29, 1.82) is 0 Å². The van der Waals surface area contributed by atoms with E-state index in [1.165, 1.54) is 11.1 Å². The normalized spacial score (nSPS) is 17.5. The van der Waals surface area contributed by atoms with E-state index >= 15 is 0 Å². The summed E-state index contributed by atoms with van der Waals surface area (Å²) < 4.78 is 0. The molecule has 2 nitrogen and oxygen atoms in total. The maximum atomic E-state index is 9.73. The zero-order valence-corrected chi connectivity index (χ0v) is 10.5. The lowest BCUT2D eigenvalue weighted by atomic mass is 10.1. The molecule has 1 aliphatic rings. The molecule has 1 aliphatic carbocycles. The zero-order valence-electron chi connectivity index (χ0n) is 10.5. The summed E-state index contributed by atoms with van der Waals surface area (Å²) in [5, 5.41) is 13.2. The van der Waals surface area contributed by atoms with Crippen molar-refractivity contribution in [1.82, 2.24) is 0 Å². The number of anilines is 1. The van der Waals surface area contributed by atoms with Gasteiger partial charge in [0.2, 0.25) is 0 Å². The van der Waals surface area contributed by atoms with Crippen molar-refractivity contribution < 1.29 is 5.11 Å². The van der Waals surface area contributed by atoms with E-state index < -0.39 is 0 Å². The Bertz CT molecular complexity index is 577. The van der Waals surface area contributed by atoms with Gasteiger partial charge >= 0.3 is 0 Å². The van der Waals surface area contributed by atoms with Crippen LogP contribution in [-0.4, -0.2) is 5.11 Å². The molecule has 2 aromatic rings. The van der Waals surface area contributed by atoms with Crippen LogP contribution in [0, 0.1) is 6.92 Å². The van der Waals surface area contributed by atoms with Gasteiger partial charge in [-0.1, -0.05) is 30.3 Å². The topological polar surface area (TPSA) is 32.3 Å². The van der Waals surface area contributed by atoms with Crippen LogP contribution >= 0.6 is 0 Å². The van der Waals surface area contributed by atoms with Crippen LogP contribution in [0.1, 0.15) is 29.2 Å². The van der Waals surface area contributed by atoms with Gasteiger partial charge in [-0.2, -0.15) is 0 Å². The van der Waals surface area contributed by atoms with Crippen LogP contribution in [0.25, 0.3) is 0 Å². The van der Waals surface area contributed by atoms with Crippen molar-refractivity contribution in [2.75, 3.05) is 5.32 Å². The number of aryl methyl sites for hydroxylation is 2. The largest absolute Gasteiger partial charge is 0.508 e. The van der Waals surface area contributed by atoms with Gasteiger partial charge in [0.25, 0.3) is 0 Å². The number of rotatable bonds is 2. The van der Waals surface area contributed by atoms with Gasteiger partial charge in [-0.3, -0.25) is 0 Å². The van der Waals surface area contributed by atoms with Crippen LogP contribution in [0.3, 0.4) is 0 Å². The van der Waals surface area contributed by atoms with Gasteiger partial charge < -0.3 is 10.4 Å². The maximum absolute atomic E-state index is 9.73. The van der Waals surface area contributed by atoms with Gasteiger partial charge in [0.15, 0.2) is 0 Å². The highest BCUT2D eigenvalue weighted by Crippen LogP contribution is 2.34. The van der Waals surface area contributed by atoms with E-state index in [1.54, 1.807) is 6.07 Å². The number of fused-ring (bicyclic) bond motifs is 1. The second-order valence-corrected chi connectivity index (χ2v) is 4.94. The van der Waals surface area contributed by atoms with E-state index in [1.807, 2.05) is 19.1 Å². The van der Waals surface area contributed by atoms with Gasteiger partial charge in [0.05, 0.1) is 6.04 Å². The molecule has 0 aromatic heterocycles. The molecule has 2 N–H and O–H groups in total. The zero-order chi connectivity index (χ0) is 12.5. The lowest BCUT2D eigenvalue weighted by Gasteiger charge is -2.16. The summed E-state index contributed by atoms with van der Waals surface area (Å²) >= 11 is 0. The smallest absolute Gasteiger partial charge is 0.120 e. The predicted molar refractivity (Wildman–Crippen MR) is 74.0 cm³/mol. The Hall–Kier alpha value is -1.96. The van der Waals surface area contributed by atoms with Crippen LogP contribution in [0.15, 0.2) is 42.5 Å². The van der Waals surface area contributed by atoms with E-state index in [0.717, 1.165) is 24.1 Å². The fraction of sp³-hybridized carbons (Fsp3) is 0.250. The summed E-state index contributed by atoms with van der Waals surface area (Å²) in [5.74, 6) is 0.353. The third-order valence-electron chi connectivity index (χ3n) is 3.68. The lowest BCUT2D eigenvalue weighted by Crippen LogP contribution is -2.06. The van der Waals surface area contributed by atoms with E-state index in [0.29, 0.717) is 11.8 Å². The van der Waals surface area contributed by atoms with Crippen LogP contribution in [0.2, 0.25) is 0 Å². The Labute approximate surface area is 107 Å². The quantitative estimate of drug-likeness (QED) is 0.835. The van der Waals surface area contributed by atoms with Crippen molar-refractivity contribution in [2.45, 2.75) is 25.8 Å². The molecule has 0 aliphatic heterocycles. The molecule has 1 atom stereocenters. The molecule has 0 saturated carbocycles. The minimum Gasteiger partial charge on any atom is -0.508 e. The van der Waals surface area contributed by atoms with Crippen molar-refractivity contribution in [2.24, 2.45) is 0 Å². The standard InChI is InChI=1S/C16H17NO/c1-11-6-8-13(10-16(11)18)17-15-9-7-12-4-2-3-5-14(12)15/h2-6,8,10,15,17-18H,7,9H2,1H3. The first-order valence-electron chi connectivity index (χ1n) is 6.38. The SMILES string of the molecule is Cc1ccc(NC2CCc3ccccc32)cc1O. The minimum atomic E-state index is 0.353. The number of nitrogens with one attached hydrogen (secondary N) is 1. The number of aromatic hydroxyl groups is 1. The lowest BCUT2D eigenvalue weighted by molar-refractivity contribution is 0.471. The molecule has 0 spiro atoms. The number of hydrogen-bond acceptors (Lipinski definition) is 2. The fourth-order valence-corrected chi connectivity index (χ4v) is 2.61. The van der Waals surface area contributed by atoms with Crippen molar-refractivity contribution >= 4 is 5.69 Å². The Morgan fingerprint density at radius 1 is 1.17 bits per heavy atom. The van der Waals surface area contributed by atoms with E-state index in [4.69, 9.17) is 0 Å². The Balaban J connectivity index is 1.84. The second-order valence-electron chi connectivity index (χ2n) is 4.94. The average molecular weight is 239 g/mol. The number of phenolic OH excluding ortho intramolecular Hbond substituents is 1. The summed E-state index contributed by atoms with van der Waals surface area (Å²) in [6.07, 6.45) is 2.25. The molecule has 18 heavy (non-hydrogen) atoms. The Morgan fingerprint density at radius 3 is 2.83 bits per heavy atom. The monoisotopic (exact) mass is 239 g/mol. The summed E-state index contributed by atoms with van der Waals surface area (Å²) in [6.45, 7) is 1.91. The number of phenols is 1. The van der Waals surface area contributed by atoms with Gasteiger partial charge in [-0.15, -0.1) is 0 Å². The molecular weight excluding hydrogens is 222 g/mol. The molecule has 0 fully saturated rings. The molecule has 1 unspecified atom stereocenters. The average Bonchev–Trinajstić information content (AvgIpc) is 2.78. The summed E-state index contributed by atoms with van der Waals surface area (Å²) in [6, 6.07) is 14.7. The molecule has 92 valence electrons. The first kappa shape index (κ1) is 11.1. The third kappa shape index (κ3) is 1.94. The maximum Gasteiger partial charge on any atom is 0.120 e.